The Hall–Kier alpha value is -1.88. The van der Waals surface area contributed by atoms with E-state index in [0.717, 1.165) is 23.5 Å². The second kappa shape index (κ2) is 5.01. The number of hydrogen-bond donors (Lipinski definition) is 1. The van der Waals surface area contributed by atoms with E-state index >= 15 is 0 Å². The number of rotatable bonds is 4. The highest BCUT2D eigenvalue weighted by Crippen LogP contribution is 2.19. The fraction of sp³-hybridized carbons (Fsp3) is 0.429. The zero-order valence-corrected chi connectivity index (χ0v) is 11.2. The van der Waals surface area contributed by atoms with Crippen LogP contribution in [-0.2, 0) is 6.54 Å². The van der Waals surface area contributed by atoms with Gasteiger partial charge in [0.1, 0.15) is 0 Å². The molecular weight excluding hydrogens is 238 g/mol. The molecule has 1 aliphatic carbocycles. The molecule has 0 spiro atoms. The maximum absolute atomic E-state index is 4.53. The molecule has 0 aromatic carbocycles. The third-order valence-corrected chi connectivity index (χ3v) is 3.04. The Labute approximate surface area is 112 Å². The molecule has 0 amide bonds. The lowest BCUT2D eigenvalue weighted by Gasteiger charge is -2.06. The molecule has 1 fully saturated rings. The Balaban J connectivity index is 1.85. The SMILES string of the molecule is Cc1cnc(-c2nc(C)cc(CNC3CC3)n2)nc1. The van der Waals surface area contributed by atoms with E-state index in [1.54, 1.807) is 12.4 Å². The van der Waals surface area contributed by atoms with Gasteiger partial charge in [0, 0.05) is 30.7 Å². The van der Waals surface area contributed by atoms with Gasteiger partial charge in [-0.2, -0.15) is 0 Å². The van der Waals surface area contributed by atoms with Crippen molar-refractivity contribution < 1.29 is 0 Å². The first-order chi connectivity index (χ1) is 9.20. The van der Waals surface area contributed by atoms with Gasteiger partial charge in [-0.25, -0.2) is 19.9 Å². The molecular formula is C14H17N5. The predicted molar refractivity (Wildman–Crippen MR) is 72.4 cm³/mol. The summed E-state index contributed by atoms with van der Waals surface area (Å²) in [6, 6.07) is 2.68. The summed E-state index contributed by atoms with van der Waals surface area (Å²) in [4.78, 5) is 17.5. The molecule has 0 unspecified atom stereocenters. The van der Waals surface area contributed by atoms with Gasteiger partial charge in [0.25, 0.3) is 0 Å². The third kappa shape index (κ3) is 3.12. The van der Waals surface area contributed by atoms with Crippen LogP contribution in [0.5, 0.6) is 0 Å². The Morgan fingerprint density at radius 1 is 1.11 bits per heavy atom. The van der Waals surface area contributed by atoms with Crippen molar-refractivity contribution in [1.29, 1.82) is 0 Å². The van der Waals surface area contributed by atoms with Gasteiger partial charge in [-0.1, -0.05) is 0 Å². The minimum Gasteiger partial charge on any atom is -0.308 e. The van der Waals surface area contributed by atoms with Gasteiger partial charge >= 0.3 is 0 Å². The molecule has 0 atom stereocenters. The van der Waals surface area contributed by atoms with Crippen LogP contribution in [0.1, 0.15) is 29.8 Å². The van der Waals surface area contributed by atoms with E-state index in [9.17, 15) is 0 Å². The molecule has 0 saturated heterocycles. The van der Waals surface area contributed by atoms with Gasteiger partial charge in [-0.05, 0) is 38.3 Å². The molecule has 0 aliphatic heterocycles. The average Bonchev–Trinajstić information content (AvgIpc) is 3.20. The first-order valence-corrected chi connectivity index (χ1v) is 6.58. The highest BCUT2D eigenvalue weighted by Gasteiger charge is 2.20. The molecule has 1 N–H and O–H groups in total. The molecule has 2 aromatic heterocycles. The second-order valence-electron chi connectivity index (χ2n) is 5.06. The monoisotopic (exact) mass is 255 g/mol. The number of aromatic nitrogens is 4. The zero-order valence-electron chi connectivity index (χ0n) is 11.2. The Morgan fingerprint density at radius 3 is 2.53 bits per heavy atom. The highest BCUT2D eigenvalue weighted by atomic mass is 15.0. The van der Waals surface area contributed by atoms with Crippen molar-refractivity contribution in [1.82, 2.24) is 25.3 Å². The van der Waals surface area contributed by atoms with Crippen molar-refractivity contribution in [3.63, 3.8) is 0 Å². The minimum atomic E-state index is 0.585. The summed E-state index contributed by atoms with van der Waals surface area (Å²) >= 11 is 0. The van der Waals surface area contributed by atoms with E-state index in [0.29, 0.717) is 17.7 Å². The van der Waals surface area contributed by atoms with Crippen molar-refractivity contribution >= 4 is 0 Å². The first-order valence-electron chi connectivity index (χ1n) is 6.58. The summed E-state index contributed by atoms with van der Waals surface area (Å²) in [7, 11) is 0. The maximum Gasteiger partial charge on any atom is 0.198 e. The summed E-state index contributed by atoms with van der Waals surface area (Å²) in [6.07, 6.45) is 6.13. The van der Waals surface area contributed by atoms with Gasteiger partial charge in [0.15, 0.2) is 11.6 Å². The Morgan fingerprint density at radius 2 is 1.84 bits per heavy atom. The van der Waals surface area contributed by atoms with E-state index in [2.05, 4.69) is 25.3 Å². The summed E-state index contributed by atoms with van der Waals surface area (Å²) in [5.74, 6) is 1.19. The summed E-state index contributed by atoms with van der Waals surface area (Å²) in [5.41, 5.74) is 2.98. The van der Waals surface area contributed by atoms with Gasteiger partial charge in [-0.3, -0.25) is 0 Å². The van der Waals surface area contributed by atoms with Crippen LogP contribution in [0.2, 0.25) is 0 Å². The number of nitrogens with zero attached hydrogens (tertiary/aromatic N) is 4. The third-order valence-electron chi connectivity index (χ3n) is 3.04. The van der Waals surface area contributed by atoms with E-state index < -0.39 is 0 Å². The minimum absolute atomic E-state index is 0.585. The van der Waals surface area contributed by atoms with E-state index in [4.69, 9.17) is 0 Å². The van der Waals surface area contributed by atoms with Crippen molar-refractivity contribution in [3.05, 3.63) is 35.4 Å². The largest absolute Gasteiger partial charge is 0.308 e. The lowest BCUT2D eigenvalue weighted by Crippen LogP contribution is -2.17. The fourth-order valence-electron chi connectivity index (χ4n) is 1.87. The van der Waals surface area contributed by atoms with Crippen molar-refractivity contribution in [2.24, 2.45) is 0 Å². The van der Waals surface area contributed by atoms with E-state index in [1.165, 1.54) is 12.8 Å². The summed E-state index contributed by atoms with van der Waals surface area (Å²) < 4.78 is 0. The molecule has 5 nitrogen and oxygen atoms in total. The van der Waals surface area contributed by atoms with Gasteiger partial charge < -0.3 is 5.32 Å². The molecule has 2 heterocycles. The van der Waals surface area contributed by atoms with Crippen LogP contribution < -0.4 is 5.32 Å². The van der Waals surface area contributed by atoms with Crippen LogP contribution in [-0.4, -0.2) is 26.0 Å². The number of aryl methyl sites for hydroxylation is 2. The summed E-state index contributed by atoms with van der Waals surface area (Å²) in [6.45, 7) is 4.72. The van der Waals surface area contributed by atoms with Crippen molar-refractivity contribution in [3.8, 4) is 11.6 Å². The fourth-order valence-corrected chi connectivity index (χ4v) is 1.87. The molecule has 0 radical (unpaired) electrons. The highest BCUT2D eigenvalue weighted by molar-refractivity contribution is 5.43. The Kier molecular flexibility index (Phi) is 3.21. The van der Waals surface area contributed by atoms with Crippen LogP contribution in [0.25, 0.3) is 11.6 Å². The quantitative estimate of drug-likeness (QED) is 0.902. The molecule has 1 saturated carbocycles. The average molecular weight is 255 g/mol. The van der Waals surface area contributed by atoms with Crippen molar-refractivity contribution in [2.75, 3.05) is 0 Å². The molecule has 5 heteroatoms. The molecule has 19 heavy (non-hydrogen) atoms. The second-order valence-corrected chi connectivity index (χ2v) is 5.06. The van der Waals surface area contributed by atoms with Crippen LogP contribution in [0.4, 0.5) is 0 Å². The number of nitrogens with one attached hydrogen (secondary N) is 1. The van der Waals surface area contributed by atoms with Crippen molar-refractivity contribution in [2.45, 2.75) is 39.3 Å². The zero-order chi connectivity index (χ0) is 13.2. The lowest BCUT2D eigenvalue weighted by molar-refractivity contribution is 0.672. The Bertz CT molecular complexity index is 575. The molecule has 2 aromatic rings. The maximum atomic E-state index is 4.53. The van der Waals surface area contributed by atoms with Gasteiger partial charge in [0.05, 0.1) is 5.69 Å². The van der Waals surface area contributed by atoms with E-state index in [-0.39, 0.29) is 0 Å². The van der Waals surface area contributed by atoms with E-state index in [1.807, 2.05) is 19.9 Å². The molecule has 1 aliphatic rings. The lowest BCUT2D eigenvalue weighted by atomic mass is 10.3. The normalized spacial score (nSPS) is 14.6. The predicted octanol–water partition coefficient (Wildman–Crippen LogP) is 1.80. The molecule has 0 bridgehead atoms. The van der Waals surface area contributed by atoms with Crippen LogP contribution in [0, 0.1) is 13.8 Å². The first kappa shape index (κ1) is 12.2. The molecule has 98 valence electrons. The number of hydrogen-bond acceptors (Lipinski definition) is 5. The summed E-state index contributed by atoms with van der Waals surface area (Å²) in [5, 5.41) is 3.46. The van der Waals surface area contributed by atoms with Gasteiger partial charge in [-0.15, -0.1) is 0 Å². The van der Waals surface area contributed by atoms with Crippen LogP contribution in [0.15, 0.2) is 18.5 Å². The van der Waals surface area contributed by atoms with Gasteiger partial charge in [0.2, 0.25) is 0 Å². The smallest absolute Gasteiger partial charge is 0.198 e. The van der Waals surface area contributed by atoms with Crippen LogP contribution in [0.3, 0.4) is 0 Å². The van der Waals surface area contributed by atoms with Crippen LogP contribution >= 0.6 is 0 Å². The topological polar surface area (TPSA) is 63.6 Å². The molecule has 3 rings (SSSR count). The standard InChI is InChI=1S/C14H17N5/c1-9-6-16-13(17-7-9)14-18-10(2)5-12(19-14)8-15-11-3-4-11/h5-7,11,15H,3-4,8H2,1-2H3.